The van der Waals surface area contributed by atoms with E-state index in [1.54, 1.807) is 0 Å². The van der Waals surface area contributed by atoms with Crippen molar-refractivity contribution >= 4 is 6.29 Å². The van der Waals surface area contributed by atoms with Crippen molar-refractivity contribution in [1.82, 2.24) is 15.5 Å². The molecule has 0 radical (unpaired) electrons. The van der Waals surface area contributed by atoms with Crippen LogP contribution >= 0.6 is 0 Å². The van der Waals surface area contributed by atoms with Crippen LogP contribution in [0.1, 0.15) is 24.5 Å². The second-order valence-corrected chi connectivity index (χ2v) is 1.60. The molecular formula is C7H15N3O3. The zero-order valence-electron chi connectivity index (χ0n) is 8.25. The Bertz CT molecular complexity index is 253. The smallest absolute Gasteiger partial charge is 0.323 e. The molecule has 0 atom stereocenters. The van der Waals surface area contributed by atoms with Crippen LogP contribution < -0.4 is 11.1 Å². The lowest BCUT2D eigenvalue weighted by atomic mass is 10.7. The largest absolute Gasteiger partial charge is 0.439 e. The van der Waals surface area contributed by atoms with Crippen LogP contribution in [0, 0.1) is 0 Å². The summed E-state index contributed by atoms with van der Waals surface area (Å²) in [6.07, 6.45) is 0.394. The fraction of sp³-hybridized carbons (Fsp3) is 0.571. The Morgan fingerprint density at radius 3 is 2.08 bits per heavy atom. The van der Waals surface area contributed by atoms with E-state index in [1.165, 1.54) is 0 Å². The van der Waals surface area contributed by atoms with Crippen molar-refractivity contribution in [3.63, 3.8) is 0 Å². The van der Waals surface area contributed by atoms with E-state index in [4.69, 9.17) is 0 Å². The van der Waals surface area contributed by atoms with Gasteiger partial charge >= 0.3 is 5.76 Å². The molecule has 6 heteroatoms. The van der Waals surface area contributed by atoms with Gasteiger partial charge in [-0.15, -0.1) is 0 Å². The van der Waals surface area contributed by atoms with Gasteiger partial charge in [-0.3, -0.25) is 14.3 Å². The molecule has 1 aromatic rings. The molecule has 1 aromatic heterocycles. The number of aromatic nitrogens is 2. The van der Waals surface area contributed by atoms with Crippen LogP contribution in [0.25, 0.3) is 0 Å². The van der Waals surface area contributed by atoms with Crippen molar-refractivity contribution in [2.75, 3.05) is 14.1 Å². The Hall–Kier alpha value is -1.43. The topological polar surface area (TPSA) is 88.0 Å². The number of nitrogens with one attached hydrogen (secondary N) is 2. The lowest BCUT2D eigenvalue weighted by Gasteiger charge is -1.62. The van der Waals surface area contributed by atoms with Crippen LogP contribution in [0.3, 0.4) is 0 Å². The number of rotatable bonds is 1. The fourth-order valence-electron chi connectivity index (χ4n) is 0.292. The van der Waals surface area contributed by atoms with Crippen LogP contribution in [-0.2, 0) is 0 Å². The molecule has 0 saturated heterocycles. The van der Waals surface area contributed by atoms with Crippen molar-refractivity contribution in [2.24, 2.45) is 0 Å². The van der Waals surface area contributed by atoms with E-state index in [1.807, 2.05) is 32.9 Å². The van der Waals surface area contributed by atoms with Gasteiger partial charge < -0.3 is 5.32 Å². The average molecular weight is 189 g/mol. The van der Waals surface area contributed by atoms with Crippen LogP contribution in [0.5, 0.6) is 0 Å². The summed E-state index contributed by atoms with van der Waals surface area (Å²) in [4.78, 5) is 21.8. The molecule has 1 heterocycles. The van der Waals surface area contributed by atoms with Gasteiger partial charge in [0.05, 0.1) is 0 Å². The second-order valence-electron chi connectivity index (χ2n) is 1.60. The molecule has 0 bridgehead atoms. The van der Waals surface area contributed by atoms with Gasteiger partial charge in [0.2, 0.25) is 5.82 Å². The first-order chi connectivity index (χ1) is 6.24. The second kappa shape index (κ2) is 10.6. The SMILES string of the molecule is CC.CNC.O=Cc1noc(=O)[nH]1. The predicted molar refractivity (Wildman–Crippen MR) is 48.8 cm³/mol. The Labute approximate surface area is 76.3 Å². The molecule has 0 aromatic carbocycles. The summed E-state index contributed by atoms with van der Waals surface area (Å²) in [5, 5.41) is 5.77. The van der Waals surface area contributed by atoms with E-state index in [2.05, 4.69) is 15.0 Å². The number of aromatic amines is 1. The molecule has 0 fully saturated rings. The lowest BCUT2D eigenvalue weighted by Crippen LogP contribution is -1.95. The van der Waals surface area contributed by atoms with Crippen LogP contribution in [-0.4, -0.2) is 30.5 Å². The molecule has 2 N–H and O–H groups in total. The summed E-state index contributed by atoms with van der Waals surface area (Å²) >= 11 is 0. The summed E-state index contributed by atoms with van der Waals surface area (Å²) in [6, 6.07) is 0. The van der Waals surface area contributed by atoms with Crippen molar-refractivity contribution < 1.29 is 9.32 Å². The highest BCUT2D eigenvalue weighted by Crippen LogP contribution is 1.71. The minimum atomic E-state index is -0.716. The van der Waals surface area contributed by atoms with Gasteiger partial charge in [0.1, 0.15) is 0 Å². The van der Waals surface area contributed by atoms with E-state index in [0.717, 1.165) is 0 Å². The fourth-order valence-corrected chi connectivity index (χ4v) is 0.292. The quantitative estimate of drug-likeness (QED) is 0.609. The maximum Gasteiger partial charge on any atom is 0.439 e. The summed E-state index contributed by atoms with van der Waals surface area (Å²) in [6.45, 7) is 4.00. The molecule has 0 saturated carbocycles. The average Bonchev–Trinajstić information content (AvgIpc) is 2.56. The summed E-state index contributed by atoms with van der Waals surface area (Å²) in [5.41, 5.74) is 0. The van der Waals surface area contributed by atoms with Gasteiger partial charge in [0.25, 0.3) is 0 Å². The Morgan fingerprint density at radius 1 is 1.46 bits per heavy atom. The maximum absolute atomic E-state index is 10.0. The molecule has 6 nitrogen and oxygen atoms in total. The van der Waals surface area contributed by atoms with Crippen molar-refractivity contribution in [1.29, 1.82) is 0 Å². The predicted octanol–water partition coefficient (Wildman–Crippen LogP) is 0.0372. The van der Waals surface area contributed by atoms with Crippen molar-refractivity contribution in [3.05, 3.63) is 16.4 Å². The van der Waals surface area contributed by atoms with Crippen LogP contribution in [0.15, 0.2) is 9.32 Å². The standard InChI is InChI=1S/C3H2N2O3.C2H7N.C2H6/c6-1-2-4-3(7)8-5-2;1-3-2;1-2/h1H,(H,4,5,7);3H,1-2H3;1-2H3. The third-order valence-corrected chi connectivity index (χ3v) is 0.569. The number of carbonyl (C=O) groups is 1. The third kappa shape index (κ3) is 8.48. The van der Waals surface area contributed by atoms with E-state index in [9.17, 15) is 9.59 Å². The molecule has 0 spiro atoms. The number of hydrogen-bond acceptors (Lipinski definition) is 5. The number of hydrogen-bond donors (Lipinski definition) is 2. The van der Waals surface area contributed by atoms with E-state index >= 15 is 0 Å². The number of H-pyrrole nitrogens is 1. The first kappa shape index (κ1) is 14.1. The molecule has 1 rings (SSSR count). The number of carbonyl (C=O) groups excluding carboxylic acids is 1. The number of aldehydes is 1. The van der Waals surface area contributed by atoms with E-state index < -0.39 is 5.76 Å². The summed E-state index contributed by atoms with van der Waals surface area (Å²) in [7, 11) is 3.75. The van der Waals surface area contributed by atoms with Gasteiger partial charge in [-0.05, 0) is 14.1 Å². The highest BCUT2D eigenvalue weighted by atomic mass is 16.5. The maximum atomic E-state index is 10.0. The highest BCUT2D eigenvalue weighted by molar-refractivity contribution is 5.67. The van der Waals surface area contributed by atoms with Crippen LogP contribution in [0.4, 0.5) is 0 Å². The first-order valence-corrected chi connectivity index (χ1v) is 3.84. The van der Waals surface area contributed by atoms with E-state index in [-0.39, 0.29) is 5.82 Å². The Kier molecular flexibility index (Phi) is 11.5. The zero-order valence-corrected chi connectivity index (χ0v) is 8.25. The monoisotopic (exact) mass is 189 g/mol. The third-order valence-electron chi connectivity index (χ3n) is 0.569. The molecule has 13 heavy (non-hydrogen) atoms. The lowest BCUT2D eigenvalue weighted by molar-refractivity contribution is 0.111. The van der Waals surface area contributed by atoms with Gasteiger partial charge in [-0.1, -0.05) is 19.0 Å². The molecular weight excluding hydrogens is 174 g/mol. The van der Waals surface area contributed by atoms with Crippen LogP contribution in [0.2, 0.25) is 0 Å². The molecule has 0 aliphatic rings. The molecule has 0 unspecified atom stereocenters. The normalized spacial score (nSPS) is 7.38. The molecule has 0 amide bonds. The minimum absolute atomic E-state index is 0.0880. The molecule has 0 aliphatic heterocycles. The Morgan fingerprint density at radius 2 is 1.92 bits per heavy atom. The van der Waals surface area contributed by atoms with Gasteiger partial charge in [-0.25, -0.2) is 4.79 Å². The van der Waals surface area contributed by atoms with E-state index in [0.29, 0.717) is 6.29 Å². The van der Waals surface area contributed by atoms with Gasteiger partial charge in [0.15, 0.2) is 6.29 Å². The van der Waals surface area contributed by atoms with Gasteiger partial charge in [0, 0.05) is 0 Å². The molecule has 76 valence electrons. The zero-order chi connectivity index (χ0) is 10.7. The highest BCUT2D eigenvalue weighted by Gasteiger charge is 1.93. The molecule has 0 aliphatic carbocycles. The first-order valence-electron chi connectivity index (χ1n) is 3.84. The number of nitrogens with zero attached hydrogens (tertiary/aromatic N) is 1. The Balaban J connectivity index is 0. The minimum Gasteiger partial charge on any atom is -0.323 e. The van der Waals surface area contributed by atoms with Gasteiger partial charge in [-0.2, -0.15) is 0 Å². The summed E-state index contributed by atoms with van der Waals surface area (Å²) in [5.74, 6) is -0.804. The van der Waals surface area contributed by atoms with Crippen molar-refractivity contribution in [3.8, 4) is 0 Å². The van der Waals surface area contributed by atoms with Crippen molar-refractivity contribution in [2.45, 2.75) is 13.8 Å². The summed E-state index contributed by atoms with van der Waals surface area (Å²) < 4.78 is 3.96.